The molecule has 0 saturated heterocycles. The predicted molar refractivity (Wildman–Crippen MR) is 65.6 cm³/mol. The summed E-state index contributed by atoms with van der Waals surface area (Å²) >= 11 is 0. The summed E-state index contributed by atoms with van der Waals surface area (Å²) in [5.41, 5.74) is 3.53. The number of aryl methyl sites for hydroxylation is 1. The van der Waals surface area contributed by atoms with E-state index in [0.29, 0.717) is 6.42 Å². The highest BCUT2D eigenvalue weighted by Crippen LogP contribution is 2.08. The number of rotatable bonds is 7. The van der Waals surface area contributed by atoms with Crippen molar-refractivity contribution in [3.63, 3.8) is 0 Å². The molecule has 16 heavy (non-hydrogen) atoms. The largest absolute Gasteiger partial charge is 0.294 e. The first-order valence-electron chi connectivity index (χ1n) is 5.86. The van der Waals surface area contributed by atoms with Crippen LogP contribution < -0.4 is 11.3 Å². The molecule has 0 aromatic heterocycles. The zero-order chi connectivity index (χ0) is 11.6. The van der Waals surface area contributed by atoms with E-state index in [4.69, 9.17) is 5.84 Å². The summed E-state index contributed by atoms with van der Waals surface area (Å²) in [7, 11) is 0. The molecule has 0 unspecified atom stereocenters. The van der Waals surface area contributed by atoms with E-state index in [9.17, 15) is 4.79 Å². The van der Waals surface area contributed by atoms with Gasteiger partial charge in [0.05, 0.1) is 0 Å². The van der Waals surface area contributed by atoms with Gasteiger partial charge in [-0.3, -0.25) is 10.2 Å². The molecule has 0 heterocycles. The van der Waals surface area contributed by atoms with Crippen LogP contribution in [-0.4, -0.2) is 5.91 Å². The van der Waals surface area contributed by atoms with Crippen molar-refractivity contribution < 1.29 is 4.79 Å². The van der Waals surface area contributed by atoms with E-state index in [1.807, 2.05) is 6.07 Å². The van der Waals surface area contributed by atoms with E-state index in [1.54, 1.807) is 0 Å². The molecule has 3 heteroatoms. The monoisotopic (exact) mass is 220 g/mol. The molecule has 0 aliphatic carbocycles. The van der Waals surface area contributed by atoms with Crippen LogP contribution in [-0.2, 0) is 11.2 Å². The van der Waals surface area contributed by atoms with Crippen LogP contribution in [0.1, 0.15) is 37.7 Å². The van der Waals surface area contributed by atoms with E-state index in [1.165, 1.54) is 18.4 Å². The second-order valence-corrected chi connectivity index (χ2v) is 3.97. The summed E-state index contributed by atoms with van der Waals surface area (Å²) in [4.78, 5) is 10.8. The predicted octanol–water partition coefficient (Wildman–Crippen LogP) is 2.17. The lowest BCUT2D eigenvalue weighted by atomic mass is 10.1. The van der Waals surface area contributed by atoms with Crippen molar-refractivity contribution in [3.8, 4) is 0 Å². The topological polar surface area (TPSA) is 55.1 Å². The molecule has 0 radical (unpaired) electrons. The van der Waals surface area contributed by atoms with E-state index >= 15 is 0 Å². The average Bonchev–Trinajstić information content (AvgIpc) is 2.34. The van der Waals surface area contributed by atoms with Gasteiger partial charge in [-0.25, -0.2) is 5.84 Å². The summed E-state index contributed by atoms with van der Waals surface area (Å²) in [5.74, 6) is 4.92. The smallest absolute Gasteiger partial charge is 0.233 e. The number of nitrogens with two attached hydrogens (primary N) is 1. The molecule has 1 aromatic carbocycles. The van der Waals surface area contributed by atoms with Crippen molar-refractivity contribution in [2.24, 2.45) is 5.84 Å². The number of hydrazine groups is 1. The Morgan fingerprint density at radius 2 is 1.75 bits per heavy atom. The number of carbonyl (C=O) groups excluding carboxylic acids is 1. The molecule has 1 rings (SSSR count). The fourth-order valence-corrected chi connectivity index (χ4v) is 1.69. The number of hydrogen-bond donors (Lipinski definition) is 2. The summed E-state index contributed by atoms with van der Waals surface area (Å²) < 4.78 is 0. The van der Waals surface area contributed by atoms with Gasteiger partial charge in [-0.15, -0.1) is 0 Å². The first kappa shape index (κ1) is 12.7. The minimum Gasteiger partial charge on any atom is -0.294 e. The number of nitrogens with one attached hydrogen (secondary N) is 1. The molecule has 0 fully saturated rings. The second kappa shape index (κ2) is 7.88. The zero-order valence-electron chi connectivity index (χ0n) is 9.61. The zero-order valence-corrected chi connectivity index (χ0v) is 9.61. The van der Waals surface area contributed by atoms with Crippen molar-refractivity contribution in [2.75, 3.05) is 0 Å². The third-order valence-corrected chi connectivity index (χ3v) is 2.62. The van der Waals surface area contributed by atoms with Crippen LogP contribution in [0.15, 0.2) is 30.3 Å². The first-order valence-corrected chi connectivity index (χ1v) is 5.86. The Morgan fingerprint density at radius 3 is 2.44 bits per heavy atom. The van der Waals surface area contributed by atoms with Gasteiger partial charge < -0.3 is 0 Å². The van der Waals surface area contributed by atoms with Gasteiger partial charge in [0, 0.05) is 6.42 Å². The number of unbranched alkanes of at least 4 members (excludes halogenated alkanes) is 3. The maximum atomic E-state index is 10.8. The van der Waals surface area contributed by atoms with E-state index in [0.717, 1.165) is 19.3 Å². The number of hydrogen-bond acceptors (Lipinski definition) is 2. The lowest BCUT2D eigenvalue weighted by Crippen LogP contribution is -2.29. The lowest BCUT2D eigenvalue weighted by Gasteiger charge is -2.02. The number of amides is 1. The molecule has 0 saturated carbocycles. The van der Waals surface area contributed by atoms with Crippen molar-refractivity contribution in [1.29, 1.82) is 0 Å². The van der Waals surface area contributed by atoms with Crippen LogP contribution in [0.5, 0.6) is 0 Å². The maximum absolute atomic E-state index is 10.8. The molecular formula is C13H20N2O. The van der Waals surface area contributed by atoms with E-state index in [2.05, 4.69) is 29.7 Å². The Kier molecular flexibility index (Phi) is 6.26. The molecule has 0 aliphatic heterocycles. The molecule has 3 N–H and O–H groups in total. The van der Waals surface area contributed by atoms with E-state index in [-0.39, 0.29) is 5.91 Å². The van der Waals surface area contributed by atoms with Crippen molar-refractivity contribution in [3.05, 3.63) is 35.9 Å². The van der Waals surface area contributed by atoms with Crippen LogP contribution in [0.3, 0.4) is 0 Å². The van der Waals surface area contributed by atoms with Gasteiger partial charge in [-0.1, -0.05) is 43.2 Å². The summed E-state index contributed by atoms with van der Waals surface area (Å²) in [6.07, 6.45) is 6.06. The molecule has 0 bridgehead atoms. The van der Waals surface area contributed by atoms with Gasteiger partial charge >= 0.3 is 0 Å². The van der Waals surface area contributed by atoms with Crippen LogP contribution in [0.25, 0.3) is 0 Å². The Morgan fingerprint density at radius 1 is 1.06 bits per heavy atom. The Bertz CT molecular complexity index is 298. The highest BCUT2D eigenvalue weighted by Gasteiger charge is 1.97. The number of carbonyl (C=O) groups is 1. The third kappa shape index (κ3) is 5.51. The number of benzene rings is 1. The minimum absolute atomic E-state index is 0.0666. The van der Waals surface area contributed by atoms with Crippen LogP contribution in [0.2, 0.25) is 0 Å². The summed E-state index contributed by atoms with van der Waals surface area (Å²) in [6, 6.07) is 10.5. The molecule has 1 amide bonds. The molecule has 3 nitrogen and oxygen atoms in total. The quantitative estimate of drug-likeness (QED) is 0.320. The fourth-order valence-electron chi connectivity index (χ4n) is 1.69. The molecular weight excluding hydrogens is 200 g/mol. The van der Waals surface area contributed by atoms with Gasteiger partial charge in [-0.2, -0.15) is 0 Å². The second-order valence-electron chi connectivity index (χ2n) is 3.97. The Hall–Kier alpha value is -1.35. The van der Waals surface area contributed by atoms with Crippen LogP contribution >= 0.6 is 0 Å². The van der Waals surface area contributed by atoms with Crippen molar-refractivity contribution >= 4 is 5.91 Å². The minimum atomic E-state index is -0.0666. The molecule has 0 atom stereocenters. The third-order valence-electron chi connectivity index (χ3n) is 2.62. The van der Waals surface area contributed by atoms with Crippen molar-refractivity contribution in [1.82, 2.24) is 5.43 Å². The van der Waals surface area contributed by atoms with Gasteiger partial charge in [0.1, 0.15) is 0 Å². The normalized spacial score (nSPS) is 10.1. The molecule has 1 aromatic rings. The van der Waals surface area contributed by atoms with Crippen LogP contribution in [0.4, 0.5) is 0 Å². The van der Waals surface area contributed by atoms with Gasteiger partial charge in [-0.05, 0) is 24.8 Å². The van der Waals surface area contributed by atoms with Gasteiger partial charge in [0.15, 0.2) is 0 Å². The highest BCUT2D eigenvalue weighted by molar-refractivity contribution is 5.74. The lowest BCUT2D eigenvalue weighted by molar-refractivity contribution is -0.121. The fraction of sp³-hybridized carbons (Fsp3) is 0.462. The highest BCUT2D eigenvalue weighted by atomic mass is 16.2. The molecule has 0 aliphatic rings. The summed E-state index contributed by atoms with van der Waals surface area (Å²) in [6.45, 7) is 0. The molecule has 0 spiro atoms. The maximum Gasteiger partial charge on any atom is 0.233 e. The van der Waals surface area contributed by atoms with Gasteiger partial charge in [0.25, 0.3) is 0 Å². The van der Waals surface area contributed by atoms with Crippen LogP contribution in [0, 0.1) is 0 Å². The standard InChI is InChI=1S/C13H20N2O/c14-15-13(16)11-7-2-1-4-8-12-9-5-3-6-10-12/h3,5-6,9-10H,1-2,4,7-8,11,14H2,(H,15,16). The Labute approximate surface area is 97.0 Å². The van der Waals surface area contributed by atoms with Crippen molar-refractivity contribution in [2.45, 2.75) is 38.5 Å². The van der Waals surface area contributed by atoms with Gasteiger partial charge in [0.2, 0.25) is 5.91 Å². The summed E-state index contributed by atoms with van der Waals surface area (Å²) in [5, 5.41) is 0. The SMILES string of the molecule is NNC(=O)CCCCCCc1ccccc1. The average molecular weight is 220 g/mol. The van der Waals surface area contributed by atoms with E-state index < -0.39 is 0 Å². The molecule has 88 valence electrons. The Balaban J connectivity index is 1.98. The first-order chi connectivity index (χ1) is 7.83.